The Bertz CT molecular complexity index is 93.6. The van der Waals surface area contributed by atoms with Crippen molar-refractivity contribution in [3.63, 3.8) is 0 Å². The van der Waals surface area contributed by atoms with E-state index in [1.807, 2.05) is 13.0 Å². The van der Waals surface area contributed by atoms with E-state index in [2.05, 4.69) is 18.8 Å². The fraction of sp³-hybridized carbons (Fsp3) is 0.778. The van der Waals surface area contributed by atoms with Crippen LogP contribution in [-0.2, 0) is 4.74 Å². The van der Waals surface area contributed by atoms with Crippen molar-refractivity contribution >= 4 is 0 Å². The van der Waals surface area contributed by atoms with Crippen molar-refractivity contribution < 1.29 is 4.74 Å². The van der Waals surface area contributed by atoms with Crippen molar-refractivity contribution in [1.29, 1.82) is 0 Å². The van der Waals surface area contributed by atoms with E-state index in [1.54, 1.807) is 0 Å². The lowest BCUT2D eigenvalue weighted by atomic mass is 10.2. The first-order valence-corrected chi connectivity index (χ1v) is 4.23. The van der Waals surface area contributed by atoms with Crippen LogP contribution >= 0.6 is 0 Å². The van der Waals surface area contributed by atoms with E-state index >= 15 is 0 Å². The minimum atomic E-state index is 0.521. The molecule has 1 N–H and O–H groups in total. The summed E-state index contributed by atoms with van der Waals surface area (Å²) in [5.41, 5.74) is 0. The molecule has 0 rings (SSSR count). The average molecular weight is 157 g/mol. The van der Waals surface area contributed by atoms with Crippen LogP contribution in [0, 0.1) is 0 Å². The van der Waals surface area contributed by atoms with Crippen molar-refractivity contribution in [2.75, 3.05) is 19.8 Å². The minimum Gasteiger partial charge on any atom is -0.380 e. The van der Waals surface area contributed by atoms with Gasteiger partial charge in [0.25, 0.3) is 0 Å². The van der Waals surface area contributed by atoms with E-state index in [-0.39, 0.29) is 0 Å². The van der Waals surface area contributed by atoms with Gasteiger partial charge in [0.05, 0.1) is 6.61 Å². The Hall–Kier alpha value is -0.340. The van der Waals surface area contributed by atoms with E-state index in [4.69, 9.17) is 4.74 Å². The van der Waals surface area contributed by atoms with Gasteiger partial charge < -0.3 is 10.1 Å². The van der Waals surface area contributed by atoms with Gasteiger partial charge in [0, 0.05) is 19.2 Å². The summed E-state index contributed by atoms with van der Waals surface area (Å²) in [6.07, 6.45) is 2.95. The maximum Gasteiger partial charge on any atom is 0.0590 e. The second-order valence-electron chi connectivity index (χ2n) is 2.58. The lowest BCUT2D eigenvalue weighted by Crippen LogP contribution is -2.28. The summed E-state index contributed by atoms with van der Waals surface area (Å²) in [6, 6.07) is 0.521. The predicted octanol–water partition coefficient (Wildman–Crippen LogP) is 1.58. The molecular weight excluding hydrogens is 138 g/mol. The average Bonchev–Trinajstić information content (AvgIpc) is 1.99. The third kappa shape index (κ3) is 7.56. The summed E-state index contributed by atoms with van der Waals surface area (Å²) in [7, 11) is 0. The van der Waals surface area contributed by atoms with Crippen LogP contribution in [0.4, 0.5) is 0 Å². The van der Waals surface area contributed by atoms with Crippen molar-refractivity contribution in [1.82, 2.24) is 5.32 Å². The van der Waals surface area contributed by atoms with E-state index in [0.29, 0.717) is 6.04 Å². The molecule has 1 atom stereocenters. The first kappa shape index (κ1) is 10.7. The van der Waals surface area contributed by atoms with E-state index < -0.39 is 0 Å². The molecule has 1 unspecified atom stereocenters. The molecule has 0 saturated carbocycles. The zero-order chi connectivity index (χ0) is 8.53. The lowest BCUT2D eigenvalue weighted by Gasteiger charge is -2.10. The van der Waals surface area contributed by atoms with Gasteiger partial charge in [0.1, 0.15) is 0 Å². The standard InChI is InChI=1S/C9H19NO/c1-4-6-9(3)10-7-8-11-5-2/h4,9-10H,1,5-8H2,2-3H3. The molecule has 0 heterocycles. The highest BCUT2D eigenvalue weighted by Crippen LogP contribution is 1.89. The second-order valence-corrected chi connectivity index (χ2v) is 2.58. The van der Waals surface area contributed by atoms with Gasteiger partial charge in [0.15, 0.2) is 0 Å². The number of rotatable bonds is 7. The highest BCUT2D eigenvalue weighted by atomic mass is 16.5. The summed E-state index contributed by atoms with van der Waals surface area (Å²) >= 11 is 0. The largest absolute Gasteiger partial charge is 0.380 e. The molecule has 11 heavy (non-hydrogen) atoms. The fourth-order valence-corrected chi connectivity index (χ4v) is 0.855. The van der Waals surface area contributed by atoms with Crippen LogP contribution in [-0.4, -0.2) is 25.8 Å². The van der Waals surface area contributed by atoms with Crippen molar-refractivity contribution in [3.8, 4) is 0 Å². The smallest absolute Gasteiger partial charge is 0.0590 e. The van der Waals surface area contributed by atoms with E-state index in [1.165, 1.54) is 0 Å². The molecule has 0 saturated heterocycles. The molecule has 0 aromatic rings. The van der Waals surface area contributed by atoms with Crippen LogP contribution < -0.4 is 5.32 Å². The summed E-state index contributed by atoms with van der Waals surface area (Å²) in [4.78, 5) is 0. The summed E-state index contributed by atoms with van der Waals surface area (Å²) < 4.78 is 5.17. The van der Waals surface area contributed by atoms with Crippen molar-refractivity contribution in [2.45, 2.75) is 26.3 Å². The number of nitrogens with one attached hydrogen (secondary N) is 1. The Morgan fingerprint density at radius 3 is 2.91 bits per heavy atom. The predicted molar refractivity (Wildman–Crippen MR) is 48.8 cm³/mol. The quantitative estimate of drug-likeness (QED) is 0.447. The lowest BCUT2D eigenvalue weighted by molar-refractivity contribution is 0.147. The van der Waals surface area contributed by atoms with Gasteiger partial charge in [-0.3, -0.25) is 0 Å². The van der Waals surface area contributed by atoms with E-state index in [9.17, 15) is 0 Å². The highest BCUT2D eigenvalue weighted by Gasteiger charge is 1.95. The Kier molecular flexibility index (Phi) is 7.52. The van der Waals surface area contributed by atoms with Crippen molar-refractivity contribution in [2.24, 2.45) is 0 Å². The van der Waals surface area contributed by atoms with Gasteiger partial charge in [-0.25, -0.2) is 0 Å². The molecule has 2 nitrogen and oxygen atoms in total. The Morgan fingerprint density at radius 1 is 1.64 bits per heavy atom. The first-order valence-electron chi connectivity index (χ1n) is 4.23. The molecule has 0 aliphatic heterocycles. The third-order valence-electron chi connectivity index (χ3n) is 1.46. The first-order chi connectivity index (χ1) is 5.31. The summed E-state index contributed by atoms with van der Waals surface area (Å²) in [5, 5.41) is 3.32. The molecule has 0 radical (unpaired) electrons. The van der Waals surface area contributed by atoms with Gasteiger partial charge in [-0.05, 0) is 20.3 Å². The van der Waals surface area contributed by atoms with Crippen LogP contribution in [0.25, 0.3) is 0 Å². The summed E-state index contributed by atoms with van der Waals surface area (Å²) in [5.74, 6) is 0. The van der Waals surface area contributed by atoms with Crippen molar-refractivity contribution in [3.05, 3.63) is 12.7 Å². The molecule has 0 spiro atoms. The monoisotopic (exact) mass is 157 g/mol. The van der Waals surface area contributed by atoms with Gasteiger partial charge >= 0.3 is 0 Å². The maximum atomic E-state index is 5.17. The molecular formula is C9H19NO. The normalized spacial score (nSPS) is 12.9. The second kappa shape index (κ2) is 7.76. The van der Waals surface area contributed by atoms with Crippen LogP contribution in [0.5, 0.6) is 0 Å². The number of ether oxygens (including phenoxy) is 1. The summed E-state index contributed by atoms with van der Waals surface area (Å²) in [6.45, 7) is 10.4. The Morgan fingerprint density at radius 2 is 2.36 bits per heavy atom. The van der Waals surface area contributed by atoms with Gasteiger partial charge in [0.2, 0.25) is 0 Å². The van der Waals surface area contributed by atoms with E-state index in [0.717, 1.165) is 26.2 Å². The SMILES string of the molecule is C=CCC(C)NCCOCC. The molecule has 0 aliphatic rings. The fourth-order valence-electron chi connectivity index (χ4n) is 0.855. The Balaban J connectivity index is 3.03. The van der Waals surface area contributed by atoms with Crippen LogP contribution in [0.3, 0.4) is 0 Å². The molecule has 0 fully saturated rings. The molecule has 2 heteroatoms. The van der Waals surface area contributed by atoms with Crippen LogP contribution in [0.1, 0.15) is 20.3 Å². The topological polar surface area (TPSA) is 21.3 Å². The maximum absolute atomic E-state index is 5.17. The molecule has 0 bridgehead atoms. The highest BCUT2D eigenvalue weighted by molar-refractivity contribution is 4.74. The number of hydrogen-bond acceptors (Lipinski definition) is 2. The Labute approximate surface area is 69.6 Å². The zero-order valence-corrected chi connectivity index (χ0v) is 7.60. The van der Waals surface area contributed by atoms with Crippen LogP contribution in [0.15, 0.2) is 12.7 Å². The molecule has 0 amide bonds. The molecule has 0 aliphatic carbocycles. The van der Waals surface area contributed by atoms with Gasteiger partial charge in [-0.2, -0.15) is 0 Å². The van der Waals surface area contributed by atoms with Crippen LogP contribution in [0.2, 0.25) is 0 Å². The molecule has 66 valence electrons. The van der Waals surface area contributed by atoms with Gasteiger partial charge in [-0.1, -0.05) is 6.08 Å². The van der Waals surface area contributed by atoms with Gasteiger partial charge in [-0.15, -0.1) is 6.58 Å². The zero-order valence-electron chi connectivity index (χ0n) is 7.60. The third-order valence-corrected chi connectivity index (χ3v) is 1.46. The number of hydrogen-bond donors (Lipinski definition) is 1. The molecule has 0 aromatic heterocycles. The minimum absolute atomic E-state index is 0.521. The molecule has 0 aromatic carbocycles.